The van der Waals surface area contributed by atoms with Crippen LogP contribution in [0.1, 0.15) is 12.8 Å². The van der Waals surface area contributed by atoms with Crippen molar-refractivity contribution in [2.75, 3.05) is 5.75 Å². The minimum Gasteiger partial charge on any atom is -0.345 e. The molecular weight excluding hydrogens is 362 g/mol. The highest BCUT2D eigenvalue weighted by molar-refractivity contribution is 8.00. The van der Waals surface area contributed by atoms with Gasteiger partial charge >= 0.3 is 11.8 Å². The van der Waals surface area contributed by atoms with Crippen LogP contribution in [0.15, 0.2) is 41.3 Å². The summed E-state index contributed by atoms with van der Waals surface area (Å²) in [5.74, 6) is -1.95. The molecule has 1 aliphatic carbocycles. The molecule has 0 spiro atoms. The Kier molecular flexibility index (Phi) is 5.45. The van der Waals surface area contributed by atoms with E-state index in [1.54, 1.807) is 6.07 Å². The maximum absolute atomic E-state index is 11.9. The number of rotatable bonds is 4. The lowest BCUT2D eigenvalue weighted by Gasteiger charge is -2.09. The summed E-state index contributed by atoms with van der Waals surface area (Å²) in [4.78, 5) is 35.8. The van der Waals surface area contributed by atoms with Crippen molar-refractivity contribution in [1.82, 2.24) is 16.2 Å². The van der Waals surface area contributed by atoms with Crippen LogP contribution in [-0.2, 0) is 14.4 Å². The topological polar surface area (TPSA) is 87.3 Å². The number of nitrogens with one attached hydrogen (secondary N) is 3. The van der Waals surface area contributed by atoms with Gasteiger partial charge in [0.05, 0.1) is 5.75 Å². The first-order valence-electron chi connectivity index (χ1n) is 7.74. The molecule has 0 saturated heterocycles. The van der Waals surface area contributed by atoms with Gasteiger partial charge in [-0.15, -0.1) is 11.8 Å². The van der Waals surface area contributed by atoms with Crippen LogP contribution in [0.2, 0.25) is 5.02 Å². The predicted molar refractivity (Wildman–Crippen MR) is 97.1 cm³/mol. The Hall–Kier alpha value is -2.25. The number of halogens is 1. The molecule has 3 N–H and O–H groups in total. The summed E-state index contributed by atoms with van der Waals surface area (Å²) in [5, 5.41) is 5.03. The molecule has 3 rings (SSSR count). The molecule has 0 heterocycles. The molecule has 25 heavy (non-hydrogen) atoms. The molecule has 0 aromatic heterocycles. The molecule has 0 unspecified atom stereocenters. The first kappa shape index (κ1) is 17.6. The van der Waals surface area contributed by atoms with Gasteiger partial charge in [-0.05, 0) is 30.4 Å². The lowest BCUT2D eigenvalue weighted by atomic mass is 10.1. The summed E-state index contributed by atoms with van der Waals surface area (Å²) in [7, 11) is 0. The summed E-state index contributed by atoms with van der Waals surface area (Å²) < 4.78 is 0. The SMILES string of the molecule is O=C(CSc1cccc2cccc(Cl)c12)NNC(=O)C(=O)NC1CC1. The minimum absolute atomic E-state index is 0.0782. The van der Waals surface area contributed by atoms with E-state index in [-0.39, 0.29) is 11.8 Å². The second kappa shape index (κ2) is 7.76. The van der Waals surface area contributed by atoms with Gasteiger partial charge in [0.15, 0.2) is 0 Å². The van der Waals surface area contributed by atoms with Crippen molar-refractivity contribution in [1.29, 1.82) is 0 Å². The summed E-state index contributed by atoms with van der Waals surface area (Å²) >= 11 is 7.55. The van der Waals surface area contributed by atoms with E-state index in [9.17, 15) is 14.4 Å². The van der Waals surface area contributed by atoms with Gasteiger partial charge in [-0.2, -0.15) is 0 Å². The average molecular weight is 378 g/mol. The van der Waals surface area contributed by atoms with Crippen molar-refractivity contribution in [2.24, 2.45) is 0 Å². The fraction of sp³-hybridized carbons (Fsp3) is 0.235. The van der Waals surface area contributed by atoms with Crippen LogP contribution in [-0.4, -0.2) is 29.5 Å². The number of hydrazine groups is 1. The van der Waals surface area contributed by atoms with Crippen molar-refractivity contribution in [3.63, 3.8) is 0 Å². The molecule has 2 aromatic rings. The second-order valence-electron chi connectivity index (χ2n) is 5.63. The van der Waals surface area contributed by atoms with Crippen LogP contribution in [0.25, 0.3) is 10.8 Å². The number of hydrogen-bond acceptors (Lipinski definition) is 4. The zero-order valence-electron chi connectivity index (χ0n) is 13.2. The zero-order valence-corrected chi connectivity index (χ0v) is 14.7. The van der Waals surface area contributed by atoms with Crippen LogP contribution >= 0.6 is 23.4 Å². The normalized spacial score (nSPS) is 13.3. The first-order valence-corrected chi connectivity index (χ1v) is 9.10. The van der Waals surface area contributed by atoms with Crippen molar-refractivity contribution >= 4 is 51.9 Å². The lowest BCUT2D eigenvalue weighted by molar-refractivity contribution is -0.140. The van der Waals surface area contributed by atoms with Crippen molar-refractivity contribution in [2.45, 2.75) is 23.8 Å². The van der Waals surface area contributed by atoms with E-state index < -0.39 is 17.7 Å². The van der Waals surface area contributed by atoms with Gasteiger partial charge in [0.2, 0.25) is 5.91 Å². The number of thioether (sulfide) groups is 1. The number of carbonyl (C=O) groups excluding carboxylic acids is 3. The Bertz CT molecular complexity index is 834. The highest BCUT2D eigenvalue weighted by Crippen LogP contribution is 2.32. The largest absolute Gasteiger partial charge is 0.345 e. The van der Waals surface area contributed by atoms with Gasteiger partial charge in [0.1, 0.15) is 0 Å². The Balaban J connectivity index is 1.52. The van der Waals surface area contributed by atoms with E-state index in [0.717, 1.165) is 28.5 Å². The van der Waals surface area contributed by atoms with E-state index in [0.29, 0.717) is 5.02 Å². The number of carbonyl (C=O) groups is 3. The number of amides is 3. The third kappa shape index (κ3) is 4.64. The smallest absolute Gasteiger partial charge is 0.327 e. The third-order valence-corrected chi connectivity index (χ3v) is 4.98. The predicted octanol–water partition coefficient (Wildman–Crippen LogP) is 2.01. The zero-order chi connectivity index (χ0) is 17.8. The molecule has 1 saturated carbocycles. The van der Waals surface area contributed by atoms with Gasteiger partial charge in [-0.3, -0.25) is 25.2 Å². The van der Waals surface area contributed by atoms with E-state index in [1.165, 1.54) is 11.8 Å². The Morgan fingerprint density at radius 2 is 1.76 bits per heavy atom. The van der Waals surface area contributed by atoms with Gasteiger partial charge in [-0.1, -0.05) is 35.9 Å². The molecule has 2 aromatic carbocycles. The highest BCUT2D eigenvalue weighted by atomic mass is 35.5. The van der Waals surface area contributed by atoms with E-state index in [1.807, 2.05) is 30.3 Å². The maximum atomic E-state index is 11.9. The summed E-state index contributed by atoms with van der Waals surface area (Å²) in [6.07, 6.45) is 1.77. The molecule has 3 amide bonds. The van der Waals surface area contributed by atoms with Crippen LogP contribution in [0.3, 0.4) is 0 Å². The standard InChI is InChI=1S/C17H16ClN3O3S/c18-12-5-1-3-10-4-2-6-13(15(10)12)25-9-14(22)20-21-17(24)16(23)19-11-7-8-11/h1-6,11H,7-9H2,(H,19,23)(H,20,22)(H,21,24). The molecule has 1 aliphatic rings. The molecule has 130 valence electrons. The Morgan fingerprint density at radius 1 is 1.04 bits per heavy atom. The van der Waals surface area contributed by atoms with Crippen LogP contribution in [0.5, 0.6) is 0 Å². The summed E-state index contributed by atoms with van der Waals surface area (Å²) in [5.41, 5.74) is 4.35. The molecule has 0 bridgehead atoms. The summed E-state index contributed by atoms with van der Waals surface area (Å²) in [6, 6.07) is 11.4. The monoisotopic (exact) mass is 377 g/mol. The molecule has 6 nitrogen and oxygen atoms in total. The average Bonchev–Trinajstić information content (AvgIpc) is 3.41. The number of hydrogen-bond donors (Lipinski definition) is 3. The maximum Gasteiger partial charge on any atom is 0.327 e. The van der Waals surface area contributed by atoms with Gasteiger partial charge in [0.25, 0.3) is 0 Å². The highest BCUT2D eigenvalue weighted by Gasteiger charge is 2.26. The first-order chi connectivity index (χ1) is 12.0. The second-order valence-corrected chi connectivity index (χ2v) is 7.06. The Labute approximate surface area is 153 Å². The molecule has 1 fully saturated rings. The third-order valence-electron chi connectivity index (χ3n) is 3.61. The number of benzene rings is 2. The van der Waals surface area contributed by atoms with E-state index in [4.69, 9.17) is 11.6 Å². The molecular formula is C17H16ClN3O3S. The van der Waals surface area contributed by atoms with E-state index in [2.05, 4.69) is 16.2 Å². The molecule has 0 aliphatic heterocycles. The van der Waals surface area contributed by atoms with Crippen molar-refractivity contribution < 1.29 is 14.4 Å². The van der Waals surface area contributed by atoms with Gasteiger partial charge in [0, 0.05) is 21.3 Å². The summed E-state index contributed by atoms with van der Waals surface area (Å²) in [6.45, 7) is 0. The van der Waals surface area contributed by atoms with Crippen LogP contribution in [0, 0.1) is 0 Å². The minimum atomic E-state index is -0.876. The fourth-order valence-electron chi connectivity index (χ4n) is 2.22. The molecule has 8 heteroatoms. The quantitative estimate of drug-likeness (QED) is 0.432. The molecule has 0 atom stereocenters. The fourth-order valence-corrected chi connectivity index (χ4v) is 3.47. The number of fused-ring (bicyclic) bond motifs is 1. The van der Waals surface area contributed by atoms with E-state index >= 15 is 0 Å². The van der Waals surface area contributed by atoms with Gasteiger partial charge in [-0.25, -0.2) is 0 Å². The Morgan fingerprint density at radius 3 is 2.48 bits per heavy atom. The van der Waals surface area contributed by atoms with Crippen molar-refractivity contribution in [3.05, 3.63) is 41.4 Å². The lowest BCUT2D eigenvalue weighted by Crippen LogP contribution is -2.49. The van der Waals surface area contributed by atoms with Crippen molar-refractivity contribution in [3.8, 4) is 0 Å². The van der Waals surface area contributed by atoms with Crippen LogP contribution < -0.4 is 16.2 Å². The molecule has 0 radical (unpaired) electrons. The van der Waals surface area contributed by atoms with Crippen LogP contribution in [0.4, 0.5) is 0 Å². The van der Waals surface area contributed by atoms with Gasteiger partial charge < -0.3 is 5.32 Å².